The molecule has 2 aromatic heterocycles. The van der Waals surface area contributed by atoms with Crippen molar-refractivity contribution in [3.8, 4) is 17.0 Å². The van der Waals surface area contributed by atoms with Crippen LogP contribution in [0.5, 0.6) is 5.75 Å². The Kier molecular flexibility index (Phi) is 7.69. The highest BCUT2D eigenvalue weighted by Gasteiger charge is 2.33. The number of likely N-dealkylation sites (tertiary alicyclic amines) is 1. The zero-order chi connectivity index (χ0) is 28.4. The van der Waals surface area contributed by atoms with Crippen molar-refractivity contribution in [2.24, 2.45) is 0 Å². The van der Waals surface area contributed by atoms with Gasteiger partial charge >= 0.3 is 6.09 Å². The lowest BCUT2D eigenvalue weighted by Gasteiger charge is -2.28. The molecule has 212 valence electrons. The number of benzene rings is 1. The third-order valence-electron chi connectivity index (χ3n) is 7.19. The van der Waals surface area contributed by atoms with Crippen LogP contribution in [0.1, 0.15) is 62.2 Å². The number of aromatic nitrogens is 2. The van der Waals surface area contributed by atoms with E-state index in [9.17, 15) is 14.0 Å². The van der Waals surface area contributed by atoms with Gasteiger partial charge in [0, 0.05) is 48.2 Å². The highest BCUT2D eigenvalue weighted by molar-refractivity contribution is 6.06. The van der Waals surface area contributed by atoms with Gasteiger partial charge in [0.1, 0.15) is 23.8 Å². The summed E-state index contributed by atoms with van der Waals surface area (Å²) >= 11 is 0. The monoisotopic (exact) mass is 549 g/mol. The summed E-state index contributed by atoms with van der Waals surface area (Å²) in [5.74, 6) is 0.00804. The van der Waals surface area contributed by atoms with E-state index >= 15 is 0 Å². The number of rotatable bonds is 7. The molecule has 5 rings (SSSR count). The minimum Gasteiger partial charge on any atom is -0.489 e. The second-order valence-electron chi connectivity index (χ2n) is 11.1. The molecule has 1 atom stereocenters. The summed E-state index contributed by atoms with van der Waals surface area (Å²) in [4.78, 5) is 35.2. The Labute approximate surface area is 233 Å². The van der Waals surface area contributed by atoms with Gasteiger partial charge < -0.3 is 30.0 Å². The number of fused-ring (bicyclic) bond motifs is 1. The van der Waals surface area contributed by atoms with E-state index in [0.717, 1.165) is 18.5 Å². The topological polar surface area (TPSA) is 109 Å². The molecule has 3 aromatic rings. The van der Waals surface area contributed by atoms with Crippen LogP contribution in [0, 0.1) is 5.82 Å². The van der Waals surface area contributed by atoms with Crippen molar-refractivity contribution in [2.45, 2.75) is 65.0 Å². The summed E-state index contributed by atoms with van der Waals surface area (Å²) < 4.78 is 26.5. The van der Waals surface area contributed by atoms with Crippen molar-refractivity contribution >= 4 is 23.4 Å². The van der Waals surface area contributed by atoms with E-state index in [1.54, 1.807) is 29.4 Å². The number of ether oxygens (including phenoxy) is 2. The van der Waals surface area contributed by atoms with E-state index in [4.69, 9.17) is 9.47 Å². The summed E-state index contributed by atoms with van der Waals surface area (Å²) in [6.07, 6.45) is 5.74. The van der Waals surface area contributed by atoms with Gasteiger partial charge in [-0.25, -0.2) is 9.18 Å². The smallest absolute Gasteiger partial charge is 0.410 e. The van der Waals surface area contributed by atoms with E-state index in [-0.39, 0.29) is 30.5 Å². The molecule has 2 amide bonds. The zero-order valence-electron chi connectivity index (χ0n) is 23.4. The SMILES string of the molecule is CCc1c(F)cccc1Nc1c(-c2ccncc2OC[C@H]2CCCN2C(=O)OC(C)(C)C)[nH]c2c1C(=O)NCC2. The van der Waals surface area contributed by atoms with Crippen LogP contribution in [-0.4, -0.2) is 58.2 Å². The molecule has 40 heavy (non-hydrogen) atoms. The van der Waals surface area contributed by atoms with Gasteiger partial charge in [-0.1, -0.05) is 13.0 Å². The molecule has 10 heteroatoms. The number of aromatic amines is 1. The largest absolute Gasteiger partial charge is 0.489 e. The Bertz CT molecular complexity index is 1410. The molecule has 1 aromatic carbocycles. The van der Waals surface area contributed by atoms with Gasteiger partial charge in [0.25, 0.3) is 5.91 Å². The van der Waals surface area contributed by atoms with Gasteiger partial charge in [-0.3, -0.25) is 9.78 Å². The fourth-order valence-electron chi connectivity index (χ4n) is 5.33. The lowest BCUT2D eigenvalue weighted by atomic mass is 10.0. The first-order chi connectivity index (χ1) is 19.2. The van der Waals surface area contributed by atoms with Crippen LogP contribution in [-0.2, 0) is 17.6 Å². The minimum absolute atomic E-state index is 0.137. The first-order valence-electron chi connectivity index (χ1n) is 13.8. The van der Waals surface area contributed by atoms with Crippen molar-refractivity contribution in [2.75, 3.05) is 25.0 Å². The minimum atomic E-state index is -0.580. The lowest BCUT2D eigenvalue weighted by Crippen LogP contribution is -2.42. The predicted molar refractivity (Wildman–Crippen MR) is 151 cm³/mol. The fourth-order valence-corrected chi connectivity index (χ4v) is 5.33. The van der Waals surface area contributed by atoms with E-state index in [1.165, 1.54) is 6.07 Å². The molecule has 0 bridgehead atoms. The van der Waals surface area contributed by atoms with Crippen LogP contribution in [0.25, 0.3) is 11.3 Å². The maximum atomic E-state index is 14.6. The highest BCUT2D eigenvalue weighted by atomic mass is 19.1. The Morgan fingerprint density at radius 3 is 2.88 bits per heavy atom. The predicted octanol–water partition coefficient (Wildman–Crippen LogP) is 5.59. The molecular formula is C30H36FN5O4. The molecule has 0 radical (unpaired) electrons. The number of amides is 2. The normalized spacial score (nSPS) is 16.9. The molecule has 9 nitrogen and oxygen atoms in total. The van der Waals surface area contributed by atoms with Crippen molar-refractivity contribution in [1.82, 2.24) is 20.2 Å². The van der Waals surface area contributed by atoms with Gasteiger partial charge in [-0.05, 0) is 58.2 Å². The first kappa shape index (κ1) is 27.5. The molecule has 2 aliphatic rings. The van der Waals surface area contributed by atoms with Crippen LogP contribution in [0.3, 0.4) is 0 Å². The second-order valence-corrected chi connectivity index (χ2v) is 11.1. The summed E-state index contributed by atoms with van der Waals surface area (Å²) in [7, 11) is 0. The first-order valence-corrected chi connectivity index (χ1v) is 13.8. The number of hydrogen-bond donors (Lipinski definition) is 3. The number of halogens is 1. The van der Waals surface area contributed by atoms with E-state index in [0.29, 0.717) is 65.4 Å². The Balaban J connectivity index is 1.47. The molecule has 1 saturated heterocycles. The van der Waals surface area contributed by atoms with Gasteiger partial charge in [-0.15, -0.1) is 0 Å². The molecule has 0 aliphatic carbocycles. The van der Waals surface area contributed by atoms with E-state index < -0.39 is 5.60 Å². The molecule has 0 unspecified atom stereocenters. The van der Waals surface area contributed by atoms with Crippen LogP contribution in [0.15, 0.2) is 36.7 Å². The number of carbonyl (C=O) groups excluding carboxylic acids is 2. The van der Waals surface area contributed by atoms with Gasteiger partial charge in [-0.2, -0.15) is 0 Å². The average molecular weight is 550 g/mol. The number of pyridine rings is 1. The van der Waals surface area contributed by atoms with Crippen LogP contribution in [0.2, 0.25) is 0 Å². The van der Waals surface area contributed by atoms with Crippen LogP contribution in [0.4, 0.5) is 20.6 Å². The number of nitrogens with one attached hydrogen (secondary N) is 3. The van der Waals surface area contributed by atoms with E-state index in [2.05, 4.69) is 20.6 Å². The second kappa shape index (κ2) is 11.2. The highest BCUT2D eigenvalue weighted by Crippen LogP contribution is 2.41. The standard InChI is InChI=1S/C30H36FN5O4/c1-5-19-21(31)9-6-10-22(19)34-27-25-23(12-14-33-28(25)37)35-26(27)20-11-13-32-16-24(20)39-17-18-8-7-15-36(18)29(38)40-30(2,3)4/h6,9-11,13,16,18,34-35H,5,7-8,12,14-15,17H2,1-4H3,(H,33,37)/t18-/m1/s1. The van der Waals surface area contributed by atoms with Gasteiger partial charge in [0.2, 0.25) is 0 Å². The number of anilines is 2. The lowest BCUT2D eigenvalue weighted by molar-refractivity contribution is 0.0187. The molecule has 0 saturated carbocycles. The average Bonchev–Trinajstić information content (AvgIpc) is 3.52. The molecule has 1 fully saturated rings. The van der Waals surface area contributed by atoms with E-state index in [1.807, 2.05) is 33.8 Å². The van der Waals surface area contributed by atoms with Crippen LogP contribution < -0.4 is 15.4 Å². The van der Waals surface area contributed by atoms with Crippen molar-refractivity contribution in [3.05, 3.63) is 59.3 Å². The molecule has 2 aliphatic heterocycles. The summed E-state index contributed by atoms with van der Waals surface area (Å²) in [5.41, 5.74) is 3.77. The summed E-state index contributed by atoms with van der Waals surface area (Å²) in [6, 6.07) is 6.57. The number of H-pyrrole nitrogens is 1. The Hall–Kier alpha value is -4.08. The zero-order valence-corrected chi connectivity index (χ0v) is 23.4. The molecular weight excluding hydrogens is 513 g/mol. The molecule has 0 spiro atoms. The third-order valence-corrected chi connectivity index (χ3v) is 7.19. The van der Waals surface area contributed by atoms with Crippen molar-refractivity contribution < 1.29 is 23.5 Å². The quantitative estimate of drug-likeness (QED) is 0.355. The summed E-state index contributed by atoms with van der Waals surface area (Å²) in [6.45, 7) is 8.85. The Morgan fingerprint density at radius 2 is 2.10 bits per heavy atom. The van der Waals surface area contributed by atoms with Gasteiger partial charge in [0.15, 0.2) is 0 Å². The molecule has 4 heterocycles. The third kappa shape index (κ3) is 5.61. The number of hydrogen-bond acceptors (Lipinski definition) is 6. The van der Waals surface area contributed by atoms with Gasteiger partial charge in [0.05, 0.1) is 29.2 Å². The maximum Gasteiger partial charge on any atom is 0.410 e. The number of nitrogens with zero attached hydrogens (tertiary/aromatic N) is 2. The Morgan fingerprint density at radius 1 is 1.27 bits per heavy atom. The van der Waals surface area contributed by atoms with Crippen LogP contribution >= 0.6 is 0 Å². The van der Waals surface area contributed by atoms with Crippen molar-refractivity contribution in [1.29, 1.82) is 0 Å². The summed E-state index contributed by atoms with van der Waals surface area (Å²) in [5, 5.41) is 6.27. The van der Waals surface area contributed by atoms with Crippen molar-refractivity contribution in [3.63, 3.8) is 0 Å². The fraction of sp³-hybridized carbons (Fsp3) is 0.433. The number of carbonyl (C=O) groups is 2. The molecule has 3 N–H and O–H groups in total. The maximum absolute atomic E-state index is 14.6.